The zero-order valence-electron chi connectivity index (χ0n) is 15.8. The van der Waals surface area contributed by atoms with Crippen LogP contribution in [0.4, 0.5) is 0 Å². The van der Waals surface area contributed by atoms with Crippen LogP contribution in [0.25, 0.3) is 0 Å². The highest BCUT2D eigenvalue weighted by atomic mass is 32.2. The number of sulfone groups is 1. The lowest BCUT2D eigenvalue weighted by Crippen LogP contribution is -2.68. The van der Waals surface area contributed by atoms with Crippen LogP contribution in [0.15, 0.2) is 48.8 Å². The second-order valence-corrected chi connectivity index (χ2v) is 10.1. The van der Waals surface area contributed by atoms with Crippen molar-refractivity contribution in [3.63, 3.8) is 0 Å². The zero-order valence-corrected chi connectivity index (χ0v) is 16.6. The number of carbonyl (C=O) groups is 1. The Hall–Kier alpha value is -2.76. The molecule has 0 bridgehead atoms. The highest BCUT2D eigenvalue weighted by molar-refractivity contribution is 7.93. The summed E-state index contributed by atoms with van der Waals surface area (Å²) in [6, 6.07) is 12.2. The number of rotatable bonds is 5. The first kappa shape index (κ1) is 19.6. The summed E-state index contributed by atoms with van der Waals surface area (Å²) >= 11 is 0. The third kappa shape index (κ3) is 3.52. The highest BCUT2D eigenvalue weighted by Gasteiger charge is 2.62. The SMILES string of the molecule is N#Cc1cccc(C(=O)N2CC3(C2)[C@@H](COCc2cccnc2)CCS3(=O)=O)c1. The van der Waals surface area contributed by atoms with E-state index < -0.39 is 14.6 Å². The van der Waals surface area contributed by atoms with Crippen molar-refractivity contribution >= 4 is 15.7 Å². The molecule has 4 rings (SSSR count). The van der Waals surface area contributed by atoms with Crippen LogP contribution in [0.5, 0.6) is 0 Å². The largest absolute Gasteiger partial charge is 0.376 e. The minimum absolute atomic E-state index is 0.125. The Labute approximate surface area is 169 Å². The fourth-order valence-corrected chi connectivity index (χ4v) is 6.56. The molecule has 0 saturated carbocycles. The maximum absolute atomic E-state index is 12.8. The molecule has 1 aromatic carbocycles. The molecular formula is C21H21N3O4S. The van der Waals surface area contributed by atoms with Crippen molar-refractivity contribution in [1.29, 1.82) is 5.26 Å². The average molecular weight is 411 g/mol. The number of hydrogen-bond donors (Lipinski definition) is 0. The first-order valence-electron chi connectivity index (χ1n) is 9.43. The van der Waals surface area contributed by atoms with Gasteiger partial charge in [0.25, 0.3) is 5.91 Å². The summed E-state index contributed by atoms with van der Waals surface area (Å²) in [5, 5.41) is 9.02. The van der Waals surface area contributed by atoms with Gasteiger partial charge in [0.15, 0.2) is 9.84 Å². The van der Waals surface area contributed by atoms with E-state index in [4.69, 9.17) is 10.00 Å². The van der Waals surface area contributed by atoms with E-state index in [0.717, 1.165) is 5.56 Å². The number of carbonyl (C=O) groups excluding carboxylic acids is 1. The summed E-state index contributed by atoms with van der Waals surface area (Å²) in [6.45, 7) is 1.06. The first-order chi connectivity index (χ1) is 13.9. The predicted octanol–water partition coefficient (Wildman–Crippen LogP) is 1.80. The third-order valence-corrected chi connectivity index (χ3v) is 8.46. The summed E-state index contributed by atoms with van der Waals surface area (Å²) in [4.78, 5) is 18.3. The molecular weight excluding hydrogens is 390 g/mol. The summed E-state index contributed by atoms with van der Waals surface area (Å²) in [7, 11) is -3.29. The molecule has 2 saturated heterocycles. The van der Waals surface area contributed by atoms with Gasteiger partial charge in [-0.25, -0.2) is 8.42 Å². The smallest absolute Gasteiger partial charge is 0.253 e. The van der Waals surface area contributed by atoms with Gasteiger partial charge in [-0.15, -0.1) is 0 Å². The van der Waals surface area contributed by atoms with Crippen molar-refractivity contribution in [2.45, 2.75) is 17.8 Å². The van der Waals surface area contributed by atoms with E-state index in [9.17, 15) is 13.2 Å². The lowest BCUT2D eigenvalue weighted by atomic mass is 9.83. The Balaban J connectivity index is 1.43. The first-order valence-corrected chi connectivity index (χ1v) is 11.1. The van der Waals surface area contributed by atoms with Gasteiger partial charge in [0.05, 0.1) is 30.6 Å². The number of hydrogen-bond acceptors (Lipinski definition) is 6. The lowest BCUT2D eigenvalue weighted by Gasteiger charge is -2.49. The van der Waals surface area contributed by atoms with Crippen LogP contribution < -0.4 is 0 Å². The van der Waals surface area contributed by atoms with Gasteiger partial charge in [-0.3, -0.25) is 9.78 Å². The van der Waals surface area contributed by atoms with Gasteiger partial charge in [-0.05, 0) is 36.2 Å². The third-order valence-electron chi connectivity index (χ3n) is 5.85. The van der Waals surface area contributed by atoms with E-state index in [1.165, 1.54) is 6.07 Å². The molecule has 8 heteroatoms. The van der Waals surface area contributed by atoms with Crippen LogP contribution in [0.3, 0.4) is 0 Å². The molecule has 2 fully saturated rings. The molecule has 3 heterocycles. The molecule has 1 atom stereocenters. The normalized spacial score (nSPS) is 21.5. The van der Waals surface area contributed by atoms with E-state index in [2.05, 4.69) is 4.98 Å². The number of likely N-dealkylation sites (tertiary alicyclic amines) is 1. The van der Waals surface area contributed by atoms with Gasteiger partial charge in [0, 0.05) is 37.0 Å². The summed E-state index contributed by atoms with van der Waals surface area (Å²) < 4.78 is 30.4. The zero-order chi connectivity index (χ0) is 20.5. The number of ether oxygens (including phenoxy) is 1. The number of benzene rings is 1. The maximum atomic E-state index is 12.8. The Kier molecular flexibility index (Phi) is 5.11. The highest BCUT2D eigenvalue weighted by Crippen LogP contribution is 2.45. The average Bonchev–Trinajstić information content (AvgIpc) is 2.97. The molecule has 2 aliphatic heterocycles. The minimum atomic E-state index is -3.29. The molecule has 1 spiro atoms. The van der Waals surface area contributed by atoms with Crippen LogP contribution >= 0.6 is 0 Å². The van der Waals surface area contributed by atoms with Crippen LogP contribution in [0.2, 0.25) is 0 Å². The van der Waals surface area contributed by atoms with Gasteiger partial charge in [0.2, 0.25) is 0 Å². The number of nitriles is 1. The number of nitrogens with zero attached hydrogens (tertiary/aromatic N) is 3. The van der Waals surface area contributed by atoms with E-state index in [0.29, 0.717) is 30.8 Å². The molecule has 2 aromatic rings. The Morgan fingerprint density at radius 2 is 2.14 bits per heavy atom. The molecule has 1 amide bonds. The number of aromatic nitrogens is 1. The van der Waals surface area contributed by atoms with Crippen LogP contribution in [0, 0.1) is 17.2 Å². The molecule has 0 radical (unpaired) electrons. The second kappa shape index (κ2) is 7.58. The van der Waals surface area contributed by atoms with Crippen LogP contribution in [-0.4, -0.2) is 54.4 Å². The fraction of sp³-hybridized carbons (Fsp3) is 0.381. The Morgan fingerprint density at radius 3 is 2.86 bits per heavy atom. The minimum Gasteiger partial charge on any atom is -0.376 e. The van der Waals surface area contributed by atoms with Crippen molar-refractivity contribution in [2.75, 3.05) is 25.4 Å². The second-order valence-electron chi connectivity index (χ2n) is 7.60. The van der Waals surface area contributed by atoms with Gasteiger partial charge >= 0.3 is 0 Å². The molecule has 1 aromatic heterocycles. The molecule has 0 unspecified atom stereocenters. The molecule has 7 nitrogen and oxygen atoms in total. The molecule has 29 heavy (non-hydrogen) atoms. The van der Waals surface area contributed by atoms with Crippen LogP contribution in [0.1, 0.15) is 27.9 Å². The van der Waals surface area contributed by atoms with Crippen molar-refractivity contribution in [1.82, 2.24) is 9.88 Å². The van der Waals surface area contributed by atoms with Crippen molar-refractivity contribution in [2.24, 2.45) is 5.92 Å². The van der Waals surface area contributed by atoms with Crippen molar-refractivity contribution in [3.05, 3.63) is 65.5 Å². The Morgan fingerprint density at radius 1 is 1.31 bits per heavy atom. The molecule has 0 aliphatic carbocycles. The number of pyridine rings is 1. The van der Waals surface area contributed by atoms with Crippen molar-refractivity contribution < 1.29 is 17.9 Å². The van der Waals surface area contributed by atoms with E-state index in [-0.39, 0.29) is 30.7 Å². The summed E-state index contributed by atoms with van der Waals surface area (Å²) in [5.74, 6) is -0.261. The molecule has 0 N–H and O–H groups in total. The van der Waals surface area contributed by atoms with Crippen LogP contribution in [-0.2, 0) is 21.2 Å². The van der Waals surface area contributed by atoms with E-state index in [1.54, 1.807) is 35.5 Å². The molecule has 2 aliphatic rings. The van der Waals surface area contributed by atoms with Gasteiger partial charge in [-0.2, -0.15) is 5.26 Å². The number of amides is 1. The summed E-state index contributed by atoms with van der Waals surface area (Å²) in [5.41, 5.74) is 1.74. The van der Waals surface area contributed by atoms with Gasteiger partial charge in [-0.1, -0.05) is 12.1 Å². The fourth-order valence-electron chi connectivity index (χ4n) is 4.16. The van der Waals surface area contributed by atoms with E-state index in [1.807, 2.05) is 18.2 Å². The van der Waals surface area contributed by atoms with E-state index >= 15 is 0 Å². The quantitative estimate of drug-likeness (QED) is 0.744. The Bertz CT molecular complexity index is 1060. The predicted molar refractivity (Wildman–Crippen MR) is 106 cm³/mol. The molecule has 150 valence electrons. The standard InChI is InChI=1S/C21H21N3O4S/c22-10-16-3-1-5-18(9-16)20(25)24-14-21(15-24)19(6-8-29(21,26)27)13-28-12-17-4-2-7-23-11-17/h1-5,7,9,11,19H,6,8,12-15H2/t19-/m1/s1. The summed E-state index contributed by atoms with van der Waals surface area (Å²) in [6.07, 6.45) is 3.95. The van der Waals surface area contributed by atoms with Gasteiger partial charge in [0.1, 0.15) is 4.75 Å². The monoisotopic (exact) mass is 411 g/mol. The van der Waals surface area contributed by atoms with Gasteiger partial charge < -0.3 is 9.64 Å². The van der Waals surface area contributed by atoms with Crippen molar-refractivity contribution in [3.8, 4) is 6.07 Å². The topological polar surface area (TPSA) is 100 Å². The maximum Gasteiger partial charge on any atom is 0.253 e. The lowest BCUT2D eigenvalue weighted by molar-refractivity contribution is 0.0209.